The monoisotopic (exact) mass is 237 g/mol. The summed E-state index contributed by atoms with van der Waals surface area (Å²) in [6.07, 6.45) is 0.524. The van der Waals surface area contributed by atoms with Crippen LogP contribution in [-0.2, 0) is 11.8 Å². The van der Waals surface area contributed by atoms with Crippen LogP contribution in [0.15, 0.2) is 12.1 Å². The molecule has 1 rings (SSSR count). The van der Waals surface area contributed by atoms with Crippen molar-refractivity contribution in [3.63, 3.8) is 0 Å². The van der Waals surface area contributed by atoms with E-state index in [2.05, 4.69) is 20.8 Å². The highest BCUT2D eigenvalue weighted by atomic mass is 16.3. The molecule has 0 aliphatic carbocycles. The zero-order chi connectivity index (χ0) is 13.4. The lowest BCUT2D eigenvalue weighted by molar-refractivity contribution is 0.391. The summed E-state index contributed by atoms with van der Waals surface area (Å²) < 4.78 is 0. The number of phenolic OH excluding ortho intramolecular Hbond substituents is 2. The van der Waals surface area contributed by atoms with Crippen molar-refractivity contribution in [1.82, 2.24) is 0 Å². The standard InChI is InChI=1S/C14H23NO2/c1-13(2,3)10-6-9(8-14(4,5)15)12(17)11(16)7-10/h6-7,16-17H,8,15H2,1-5H3. The number of aromatic hydroxyl groups is 2. The molecule has 0 fully saturated rings. The quantitative estimate of drug-likeness (QED) is 0.693. The lowest BCUT2D eigenvalue weighted by Gasteiger charge is -2.24. The van der Waals surface area contributed by atoms with Crippen LogP contribution in [0.4, 0.5) is 0 Å². The lowest BCUT2D eigenvalue weighted by Crippen LogP contribution is -2.34. The van der Waals surface area contributed by atoms with Crippen molar-refractivity contribution >= 4 is 0 Å². The van der Waals surface area contributed by atoms with Crippen LogP contribution in [0.25, 0.3) is 0 Å². The second-order valence-corrected chi connectivity index (χ2v) is 6.42. The van der Waals surface area contributed by atoms with Gasteiger partial charge in [0, 0.05) is 5.54 Å². The Balaban J connectivity index is 3.26. The van der Waals surface area contributed by atoms with Crippen LogP contribution in [0, 0.1) is 0 Å². The Labute approximate surface area is 103 Å². The summed E-state index contributed by atoms with van der Waals surface area (Å²) in [6.45, 7) is 9.99. The maximum absolute atomic E-state index is 9.85. The van der Waals surface area contributed by atoms with Crippen molar-refractivity contribution in [3.8, 4) is 11.5 Å². The molecule has 1 aromatic rings. The van der Waals surface area contributed by atoms with Gasteiger partial charge in [-0.2, -0.15) is 0 Å². The van der Waals surface area contributed by atoms with Gasteiger partial charge in [-0.05, 0) is 42.9 Å². The molecule has 0 aliphatic heterocycles. The number of rotatable bonds is 2. The molecule has 0 aliphatic rings. The normalized spacial score (nSPS) is 12.8. The number of benzene rings is 1. The van der Waals surface area contributed by atoms with Crippen molar-refractivity contribution in [2.45, 2.75) is 52.0 Å². The Hall–Kier alpha value is -1.22. The van der Waals surface area contributed by atoms with Gasteiger partial charge >= 0.3 is 0 Å². The van der Waals surface area contributed by atoms with Crippen molar-refractivity contribution in [1.29, 1.82) is 0 Å². The molecule has 0 amide bonds. The van der Waals surface area contributed by atoms with Crippen LogP contribution in [0.1, 0.15) is 45.7 Å². The molecule has 0 saturated carbocycles. The molecule has 17 heavy (non-hydrogen) atoms. The van der Waals surface area contributed by atoms with Gasteiger partial charge in [-0.1, -0.05) is 26.8 Å². The first-order valence-electron chi connectivity index (χ1n) is 5.85. The van der Waals surface area contributed by atoms with Gasteiger partial charge < -0.3 is 15.9 Å². The van der Waals surface area contributed by atoms with Crippen LogP contribution in [0.5, 0.6) is 11.5 Å². The first kappa shape index (κ1) is 13.8. The van der Waals surface area contributed by atoms with Crippen LogP contribution in [0.3, 0.4) is 0 Å². The molecule has 0 aromatic heterocycles. The Morgan fingerprint density at radius 1 is 1.06 bits per heavy atom. The molecule has 0 radical (unpaired) electrons. The molecule has 4 N–H and O–H groups in total. The Bertz CT molecular complexity index is 411. The van der Waals surface area contributed by atoms with E-state index >= 15 is 0 Å². The van der Waals surface area contributed by atoms with Crippen molar-refractivity contribution in [2.75, 3.05) is 0 Å². The molecule has 0 spiro atoms. The van der Waals surface area contributed by atoms with Crippen LogP contribution in [0.2, 0.25) is 0 Å². The van der Waals surface area contributed by atoms with Gasteiger partial charge in [-0.15, -0.1) is 0 Å². The first-order valence-corrected chi connectivity index (χ1v) is 5.85. The molecule has 0 unspecified atom stereocenters. The van der Waals surface area contributed by atoms with E-state index in [0.717, 1.165) is 5.56 Å². The van der Waals surface area contributed by atoms with Gasteiger partial charge in [0.05, 0.1) is 0 Å². The third kappa shape index (κ3) is 3.63. The highest BCUT2D eigenvalue weighted by Gasteiger charge is 2.21. The van der Waals surface area contributed by atoms with Crippen LogP contribution >= 0.6 is 0 Å². The lowest BCUT2D eigenvalue weighted by atomic mass is 9.84. The maximum atomic E-state index is 9.85. The minimum Gasteiger partial charge on any atom is -0.504 e. The second-order valence-electron chi connectivity index (χ2n) is 6.42. The van der Waals surface area contributed by atoms with E-state index in [4.69, 9.17) is 5.73 Å². The largest absolute Gasteiger partial charge is 0.504 e. The average molecular weight is 237 g/mol. The van der Waals surface area contributed by atoms with Crippen LogP contribution in [-0.4, -0.2) is 15.8 Å². The van der Waals surface area contributed by atoms with Gasteiger partial charge in [-0.3, -0.25) is 0 Å². The number of phenols is 2. The molecular formula is C14H23NO2. The first-order chi connectivity index (χ1) is 7.50. The Morgan fingerprint density at radius 2 is 1.59 bits per heavy atom. The average Bonchev–Trinajstić information content (AvgIpc) is 2.08. The number of hydrogen-bond acceptors (Lipinski definition) is 3. The summed E-state index contributed by atoms with van der Waals surface area (Å²) >= 11 is 0. The predicted molar refractivity (Wildman–Crippen MR) is 70.4 cm³/mol. The van der Waals surface area contributed by atoms with Crippen molar-refractivity contribution < 1.29 is 10.2 Å². The third-order valence-electron chi connectivity index (χ3n) is 2.68. The summed E-state index contributed by atoms with van der Waals surface area (Å²) in [7, 11) is 0. The molecule has 0 heterocycles. The van der Waals surface area contributed by atoms with E-state index in [1.165, 1.54) is 0 Å². The SMILES string of the molecule is CC(C)(N)Cc1cc(C(C)(C)C)cc(O)c1O. The molecule has 96 valence electrons. The van der Waals surface area contributed by atoms with Gasteiger partial charge in [0.2, 0.25) is 0 Å². The Kier molecular flexibility index (Phi) is 3.44. The maximum Gasteiger partial charge on any atom is 0.160 e. The smallest absolute Gasteiger partial charge is 0.160 e. The zero-order valence-electron chi connectivity index (χ0n) is 11.3. The fraction of sp³-hybridized carbons (Fsp3) is 0.571. The third-order valence-corrected chi connectivity index (χ3v) is 2.68. The minimum atomic E-state index is -0.416. The number of hydrogen-bond donors (Lipinski definition) is 3. The van der Waals surface area contributed by atoms with E-state index in [1.54, 1.807) is 6.07 Å². The van der Waals surface area contributed by atoms with Crippen LogP contribution < -0.4 is 5.73 Å². The highest BCUT2D eigenvalue weighted by molar-refractivity contribution is 5.49. The molecule has 1 aromatic carbocycles. The van der Waals surface area contributed by atoms with E-state index in [1.807, 2.05) is 19.9 Å². The second kappa shape index (κ2) is 4.22. The molecule has 0 saturated heterocycles. The summed E-state index contributed by atoms with van der Waals surface area (Å²) in [5.74, 6) is -0.131. The minimum absolute atomic E-state index is 0.0588. The molecule has 3 nitrogen and oxygen atoms in total. The number of nitrogens with two attached hydrogens (primary N) is 1. The predicted octanol–water partition coefficient (Wildman–Crippen LogP) is 2.68. The Morgan fingerprint density at radius 3 is 2.00 bits per heavy atom. The highest BCUT2D eigenvalue weighted by Crippen LogP contribution is 2.36. The van der Waals surface area contributed by atoms with E-state index < -0.39 is 5.54 Å². The van der Waals surface area contributed by atoms with Gasteiger partial charge in [0.15, 0.2) is 11.5 Å². The summed E-state index contributed by atoms with van der Waals surface area (Å²) in [6, 6.07) is 3.53. The van der Waals surface area contributed by atoms with Gasteiger partial charge in [-0.25, -0.2) is 0 Å². The fourth-order valence-electron chi connectivity index (χ4n) is 1.74. The molecular weight excluding hydrogens is 214 g/mol. The van der Waals surface area contributed by atoms with Crippen molar-refractivity contribution in [3.05, 3.63) is 23.3 Å². The van der Waals surface area contributed by atoms with Gasteiger partial charge in [0.1, 0.15) is 0 Å². The zero-order valence-corrected chi connectivity index (χ0v) is 11.3. The summed E-state index contributed by atoms with van der Waals surface area (Å²) in [4.78, 5) is 0. The van der Waals surface area contributed by atoms with Gasteiger partial charge in [0.25, 0.3) is 0 Å². The molecule has 0 atom stereocenters. The van der Waals surface area contributed by atoms with Crippen molar-refractivity contribution in [2.24, 2.45) is 5.73 Å². The van der Waals surface area contributed by atoms with E-state index in [9.17, 15) is 10.2 Å². The van der Waals surface area contributed by atoms with E-state index in [0.29, 0.717) is 12.0 Å². The summed E-state index contributed by atoms with van der Waals surface area (Å²) in [5.41, 5.74) is 7.16. The topological polar surface area (TPSA) is 66.5 Å². The fourth-order valence-corrected chi connectivity index (χ4v) is 1.74. The molecule has 3 heteroatoms. The molecule has 0 bridgehead atoms. The van der Waals surface area contributed by atoms with E-state index in [-0.39, 0.29) is 16.9 Å². The summed E-state index contributed by atoms with van der Waals surface area (Å²) in [5, 5.41) is 19.6.